The average molecular weight is 877 g/mol. The number of carbonyl (C=O) groups excluding carboxylic acids is 9. The second-order valence-corrected chi connectivity index (χ2v) is 14.4. The fourth-order valence-electron chi connectivity index (χ4n) is 6.23. The smallest absolute Gasteiger partial charge is 0.407 e. The van der Waals surface area contributed by atoms with Gasteiger partial charge in [-0.2, -0.15) is 0 Å². The van der Waals surface area contributed by atoms with Gasteiger partial charge in [0, 0.05) is 18.8 Å². The SMILES string of the molecule is C=CCOC(=O)C(CCC(C)=O)NC(=O)C(CC)NC(=O)CN.C=CCOC(=O)C(CCC(C)=O)NC(=O)C(CC)NC(=O)CNC(=O)OCC1c2ccccc2-c2ccccc21. The number of hydrogen-bond donors (Lipinski definition) is 6. The summed E-state index contributed by atoms with van der Waals surface area (Å²) < 4.78 is 15.4. The molecule has 7 N–H and O–H groups in total. The molecule has 5 amide bonds. The first-order valence-electron chi connectivity index (χ1n) is 20.6. The highest BCUT2D eigenvalue weighted by Crippen LogP contribution is 2.44. The standard InChI is InChI=1S/C30H35N3O7.C15H25N3O5/c1-4-16-39-29(37)26(15-14-19(3)34)33-28(36)25(5-2)32-27(35)17-31-30(38)40-18-24-22-12-8-6-10-20(22)21-11-7-9-13-23(21)24;1-4-8-23-15(22)12(7-6-10(3)19)18-14(21)11(5-2)17-13(20)9-16/h4,6-13,24-26H,1,5,14-18H2,2-3H3,(H,31,38)(H,32,35)(H,33,36);4,11-12H,1,5-9,16H2,2-3H3,(H,17,20)(H,18,21). The van der Waals surface area contributed by atoms with Crippen molar-refractivity contribution < 1.29 is 57.4 Å². The molecule has 4 unspecified atom stereocenters. The van der Waals surface area contributed by atoms with Crippen molar-refractivity contribution in [2.24, 2.45) is 5.73 Å². The van der Waals surface area contributed by atoms with E-state index in [1.165, 1.54) is 26.0 Å². The van der Waals surface area contributed by atoms with Gasteiger partial charge in [0.25, 0.3) is 0 Å². The summed E-state index contributed by atoms with van der Waals surface area (Å²) in [5, 5.41) is 12.5. The molecule has 342 valence electrons. The Bertz CT molecular complexity index is 1910. The highest BCUT2D eigenvalue weighted by Gasteiger charge is 2.30. The fraction of sp³-hybridized carbons (Fsp3) is 0.444. The lowest BCUT2D eigenvalue weighted by atomic mass is 9.98. The van der Waals surface area contributed by atoms with Crippen LogP contribution in [-0.2, 0) is 52.6 Å². The molecule has 18 heteroatoms. The molecule has 2 aromatic carbocycles. The number of fused-ring (bicyclic) bond motifs is 3. The van der Waals surface area contributed by atoms with Crippen molar-refractivity contribution >= 4 is 53.2 Å². The van der Waals surface area contributed by atoms with E-state index < -0.39 is 72.4 Å². The van der Waals surface area contributed by atoms with E-state index in [1.54, 1.807) is 13.8 Å². The number of alkyl carbamates (subject to hydrolysis) is 1. The van der Waals surface area contributed by atoms with Gasteiger partial charge in [0.15, 0.2) is 0 Å². The molecule has 0 aliphatic heterocycles. The van der Waals surface area contributed by atoms with E-state index in [2.05, 4.69) is 39.7 Å². The summed E-state index contributed by atoms with van der Waals surface area (Å²) in [5.74, 6) is -3.94. The van der Waals surface area contributed by atoms with Gasteiger partial charge in [0.2, 0.25) is 23.6 Å². The molecule has 0 aromatic heterocycles. The van der Waals surface area contributed by atoms with Crippen molar-refractivity contribution in [3.63, 3.8) is 0 Å². The fourth-order valence-corrected chi connectivity index (χ4v) is 6.23. The minimum absolute atomic E-state index is 0.00634. The lowest BCUT2D eigenvalue weighted by molar-refractivity contribution is -0.147. The molecular formula is C45H60N6O12. The zero-order valence-corrected chi connectivity index (χ0v) is 36.3. The summed E-state index contributed by atoms with van der Waals surface area (Å²) in [4.78, 5) is 108. The van der Waals surface area contributed by atoms with Crippen LogP contribution in [0.5, 0.6) is 0 Å². The van der Waals surface area contributed by atoms with Crippen molar-refractivity contribution in [2.75, 3.05) is 32.9 Å². The number of carbonyl (C=O) groups is 9. The number of amides is 5. The number of benzene rings is 2. The van der Waals surface area contributed by atoms with Crippen molar-refractivity contribution in [3.8, 4) is 11.1 Å². The zero-order chi connectivity index (χ0) is 46.9. The third-order valence-electron chi connectivity index (χ3n) is 9.50. The number of Topliss-reactive ketones (excluding diaryl/α,β-unsaturated/α-hetero) is 2. The maximum Gasteiger partial charge on any atom is 0.407 e. The molecule has 0 heterocycles. The molecule has 63 heavy (non-hydrogen) atoms. The summed E-state index contributed by atoms with van der Waals surface area (Å²) in [6.07, 6.45) is 2.97. The zero-order valence-electron chi connectivity index (χ0n) is 36.3. The van der Waals surface area contributed by atoms with Gasteiger partial charge in [0.05, 0.1) is 6.54 Å². The number of nitrogens with one attached hydrogen (secondary N) is 5. The third kappa shape index (κ3) is 18.1. The molecule has 0 spiro atoms. The molecule has 4 atom stereocenters. The summed E-state index contributed by atoms with van der Waals surface area (Å²) in [6.45, 7) is 12.5. The van der Waals surface area contributed by atoms with Crippen LogP contribution in [0.2, 0.25) is 0 Å². The molecule has 0 saturated heterocycles. The summed E-state index contributed by atoms with van der Waals surface area (Å²) in [7, 11) is 0. The monoisotopic (exact) mass is 876 g/mol. The van der Waals surface area contributed by atoms with Crippen LogP contribution in [0.1, 0.15) is 83.3 Å². The first-order valence-corrected chi connectivity index (χ1v) is 20.6. The van der Waals surface area contributed by atoms with Crippen LogP contribution in [0.15, 0.2) is 73.8 Å². The van der Waals surface area contributed by atoms with E-state index in [1.807, 2.05) is 48.5 Å². The lowest BCUT2D eigenvalue weighted by Gasteiger charge is -2.21. The Hall–Kier alpha value is -6.69. The van der Waals surface area contributed by atoms with Gasteiger partial charge in [0.1, 0.15) is 62.1 Å². The molecule has 0 radical (unpaired) electrons. The quantitative estimate of drug-likeness (QED) is 0.0476. The summed E-state index contributed by atoms with van der Waals surface area (Å²) in [5.41, 5.74) is 9.55. The van der Waals surface area contributed by atoms with Gasteiger partial charge in [-0.1, -0.05) is 87.7 Å². The Kier molecular flexibility index (Phi) is 23.3. The minimum atomic E-state index is -1.05. The topological polar surface area (TPSA) is 267 Å². The molecule has 18 nitrogen and oxygen atoms in total. The van der Waals surface area contributed by atoms with Crippen LogP contribution in [0, 0.1) is 0 Å². The van der Waals surface area contributed by atoms with E-state index in [4.69, 9.17) is 19.9 Å². The highest BCUT2D eigenvalue weighted by atomic mass is 16.6. The van der Waals surface area contributed by atoms with E-state index >= 15 is 0 Å². The van der Waals surface area contributed by atoms with E-state index in [-0.39, 0.29) is 76.0 Å². The number of ether oxygens (including phenoxy) is 3. The van der Waals surface area contributed by atoms with Crippen LogP contribution in [-0.4, -0.2) is 110 Å². The second kappa shape index (κ2) is 28.0. The number of esters is 2. The van der Waals surface area contributed by atoms with Gasteiger partial charge >= 0.3 is 18.0 Å². The number of nitrogens with two attached hydrogens (primary N) is 1. The normalized spacial score (nSPS) is 13.0. The van der Waals surface area contributed by atoms with Crippen LogP contribution in [0.3, 0.4) is 0 Å². The molecule has 0 fully saturated rings. The maximum atomic E-state index is 12.8. The Morgan fingerprint density at radius 1 is 0.635 bits per heavy atom. The highest BCUT2D eigenvalue weighted by molar-refractivity contribution is 5.93. The predicted octanol–water partition coefficient (Wildman–Crippen LogP) is 2.43. The Morgan fingerprint density at radius 3 is 1.46 bits per heavy atom. The molecular weight excluding hydrogens is 817 g/mol. The van der Waals surface area contributed by atoms with E-state index in [0.717, 1.165) is 22.3 Å². The average Bonchev–Trinajstić information content (AvgIpc) is 3.59. The van der Waals surface area contributed by atoms with Crippen LogP contribution < -0.4 is 32.3 Å². The number of rotatable bonds is 25. The lowest BCUT2D eigenvalue weighted by Crippen LogP contribution is -2.53. The Labute approximate surface area is 367 Å². The van der Waals surface area contributed by atoms with Crippen LogP contribution in [0.4, 0.5) is 4.79 Å². The van der Waals surface area contributed by atoms with Gasteiger partial charge in [-0.15, -0.1) is 0 Å². The predicted molar refractivity (Wildman–Crippen MR) is 233 cm³/mol. The molecule has 0 bridgehead atoms. The van der Waals surface area contributed by atoms with Crippen molar-refractivity contribution in [1.29, 1.82) is 0 Å². The van der Waals surface area contributed by atoms with Gasteiger partial charge in [-0.3, -0.25) is 19.2 Å². The largest absolute Gasteiger partial charge is 0.460 e. The Morgan fingerprint density at radius 2 is 1.06 bits per heavy atom. The maximum absolute atomic E-state index is 12.8. The first kappa shape index (κ1) is 52.4. The van der Waals surface area contributed by atoms with Gasteiger partial charge < -0.3 is 56.1 Å². The van der Waals surface area contributed by atoms with Crippen molar-refractivity contribution in [1.82, 2.24) is 26.6 Å². The number of hydrogen-bond acceptors (Lipinski definition) is 13. The van der Waals surface area contributed by atoms with Crippen LogP contribution in [0.25, 0.3) is 11.1 Å². The van der Waals surface area contributed by atoms with Gasteiger partial charge in [-0.25, -0.2) is 14.4 Å². The minimum Gasteiger partial charge on any atom is -0.460 e. The van der Waals surface area contributed by atoms with Crippen molar-refractivity contribution in [2.45, 2.75) is 96.3 Å². The van der Waals surface area contributed by atoms with E-state index in [9.17, 15) is 43.2 Å². The molecule has 0 saturated carbocycles. The molecule has 1 aliphatic rings. The summed E-state index contributed by atoms with van der Waals surface area (Å²) >= 11 is 0. The molecule has 3 rings (SSSR count). The van der Waals surface area contributed by atoms with Crippen LogP contribution >= 0.6 is 0 Å². The summed E-state index contributed by atoms with van der Waals surface area (Å²) in [6, 6.07) is 12.1. The Balaban J connectivity index is 0.000000507. The number of ketones is 2. The second-order valence-electron chi connectivity index (χ2n) is 14.4. The van der Waals surface area contributed by atoms with E-state index in [0.29, 0.717) is 6.42 Å². The first-order chi connectivity index (χ1) is 30.1. The molecule has 2 aromatic rings. The third-order valence-corrected chi connectivity index (χ3v) is 9.50. The van der Waals surface area contributed by atoms with Gasteiger partial charge in [-0.05, 0) is 61.8 Å². The molecule has 1 aliphatic carbocycles. The van der Waals surface area contributed by atoms with Crippen molar-refractivity contribution in [3.05, 3.63) is 85.0 Å².